The van der Waals surface area contributed by atoms with Crippen molar-refractivity contribution in [2.24, 2.45) is 0 Å². The van der Waals surface area contributed by atoms with E-state index in [1.165, 1.54) is 5.56 Å². The van der Waals surface area contributed by atoms with E-state index in [9.17, 15) is 5.11 Å². The summed E-state index contributed by atoms with van der Waals surface area (Å²) >= 11 is 0. The van der Waals surface area contributed by atoms with Crippen molar-refractivity contribution >= 4 is 0 Å². The van der Waals surface area contributed by atoms with Gasteiger partial charge in [-0.1, -0.05) is 42.5 Å². The fraction of sp³-hybridized carbons (Fsp3) is 0.333. The van der Waals surface area contributed by atoms with Crippen LogP contribution in [0.3, 0.4) is 0 Å². The van der Waals surface area contributed by atoms with Crippen molar-refractivity contribution in [3.63, 3.8) is 0 Å². The Hall–Kier alpha value is -1.88. The van der Waals surface area contributed by atoms with E-state index in [0.717, 1.165) is 17.5 Å². The molecule has 4 heteroatoms. The van der Waals surface area contributed by atoms with E-state index in [4.69, 9.17) is 9.57 Å². The number of para-hydroxylation sites is 1. The van der Waals surface area contributed by atoms with E-state index in [1.54, 1.807) is 7.05 Å². The number of benzene rings is 2. The Labute approximate surface area is 130 Å². The van der Waals surface area contributed by atoms with Crippen LogP contribution in [0, 0.1) is 0 Å². The first-order valence-electron chi connectivity index (χ1n) is 7.46. The molecule has 22 heavy (non-hydrogen) atoms. The summed E-state index contributed by atoms with van der Waals surface area (Å²) in [6.07, 6.45) is 0.541. The van der Waals surface area contributed by atoms with Gasteiger partial charge in [-0.25, -0.2) is 5.48 Å². The predicted octanol–water partition coefficient (Wildman–Crippen LogP) is 2.76. The minimum Gasteiger partial charge on any atom is -0.482 e. The Balaban J connectivity index is 1.98. The molecule has 2 aromatic rings. The Kier molecular flexibility index (Phi) is 4.16. The molecule has 0 saturated heterocycles. The first-order chi connectivity index (χ1) is 10.7. The molecular weight excluding hydrogens is 278 g/mol. The van der Waals surface area contributed by atoms with Gasteiger partial charge in [-0.3, -0.25) is 4.84 Å². The fourth-order valence-electron chi connectivity index (χ4n) is 3.14. The number of nitrogens with one attached hydrogen (secondary N) is 1. The highest BCUT2D eigenvalue weighted by atomic mass is 16.7. The van der Waals surface area contributed by atoms with Crippen LogP contribution in [0.25, 0.3) is 0 Å². The van der Waals surface area contributed by atoms with Gasteiger partial charge in [0.05, 0.1) is 6.61 Å². The highest BCUT2D eigenvalue weighted by Gasteiger charge is 2.46. The molecular formula is C18H21NO3. The Morgan fingerprint density at radius 2 is 1.91 bits per heavy atom. The van der Waals surface area contributed by atoms with Gasteiger partial charge in [0, 0.05) is 19.0 Å². The highest BCUT2D eigenvalue weighted by Crippen LogP contribution is 2.44. The molecule has 0 radical (unpaired) electrons. The maximum Gasteiger partial charge on any atom is 0.155 e. The normalized spacial score (nSPS) is 23.3. The average molecular weight is 299 g/mol. The number of aliphatic hydroxyl groups is 1. The molecule has 0 aliphatic heterocycles. The summed E-state index contributed by atoms with van der Waals surface area (Å²) in [4.78, 5) is 5.79. The lowest BCUT2D eigenvalue weighted by Crippen LogP contribution is -2.40. The zero-order valence-corrected chi connectivity index (χ0v) is 12.9. The van der Waals surface area contributed by atoms with E-state index in [2.05, 4.69) is 17.6 Å². The summed E-state index contributed by atoms with van der Waals surface area (Å²) in [6.45, 7) is 1.99. The topological polar surface area (TPSA) is 50.7 Å². The largest absolute Gasteiger partial charge is 0.482 e. The van der Waals surface area contributed by atoms with Crippen LogP contribution in [-0.4, -0.2) is 17.8 Å². The third-order valence-corrected chi connectivity index (χ3v) is 4.16. The van der Waals surface area contributed by atoms with Crippen LogP contribution in [0.5, 0.6) is 5.75 Å². The van der Waals surface area contributed by atoms with Crippen molar-refractivity contribution < 1.29 is 14.7 Å². The first-order valence-corrected chi connectivity index (χ1v) is 7.46. The van der Waals surface area contributed by atoms with Gasteiger partial charge >= 0.3 is 0 Å². The summed E-state index contributed by atoms with van der Waals surface area (Å²) in [5.74, 6) is 0.692. The van der Waals surface area contributed by atoms with Gasteiger partial charge in [0.25, 0.3) is 0 Å². The number of ether oxygens (including phenoxy) is 1. The molecule has 1 aliphatic rings. The van der Waals surface area contributed by atoms with E-state index >= 15 is 0 Å². The minimum atomic E-state index is -0.499. The lowest BCUT2D eigenvalue weighted by Gasteiger charge is -2.31. The number of hydroxylamine groups is 1. The molecule has 0 aromatic heterocycles. The van der Waals surface area contributed by atoms with Crippen molar-refractivity contribution in [3.05, 3.63) is 65.2 Å². The average Bonchev–Trinajstić information content (AvgIpc) is 2.80. The van der Waals surface area contributed by atoms with E-state index in [-0.39, 0.29) is 12.7 Å². The number of hydrogen-bond donors (Lipinski definition) is 2. The maximum atomic E-state index is 9.50. The molecule has 116 valence electrons. The second-order valence-corrected chi connectivity index (χ2v) is 5.76. The molecule has 0 saturated carbocycles. The summed E-state index contributed by atoms with van der Waals surface area (Å²) < 4.78 is 6.27. The maximum absolute atomic E-state index is 9.50. The third kappa shape index (κ3) is 2.61. The Morgan fingerprint density at radius 1 is 1.18 bits per heavy atom. The molecule has 2 N–H and O–H groups in total. The first kappa shape index (κ1) is 15.0. The molecule has 0 amide bonds. The van der Waals surface area contributed by atoms with Crippen LogP contribution in [0.1, 0.15) is 29.7 Å². The highest BCUT2D eigenvalue weighted by molar-refractivity contribution is 5.40. The van der Waals surface area contributed by atoms with Crippen molar-refractivity contribution in [2.45, 2.75) is 31.7 Å². The molecule has 0 spiro atoms. The minimum absolute atomic E-state index is 0.0475. The number of hydrogen-bond acceptors (Lipinski definition) is 4. The number of rotatable bonds is 5. The standard InChI is InChI=1S/C18H21NO3/c1-18(22-19-2)11-13-7-3-5-9-15(13)17(18)21-16-10-6-4-8-14(16)12-20/h3-10,17,19-20H,11-12H2,1-2H3/t17-,18-/m0/s1. The molecule has 2 atom stereocenters. The molecule has 0 bridgehead atoms. The number of fused-ring (bicyclic) bond motifs is 1. The van der Waals surface area contributed by atoms with Gasteiger partial charge < -0.3 is 9.84 Å². The molecule has 0 fully saturated rings. The van der Waals surface area contributed by atoms with Gasteiger partial charge in [0.2, 0.25) is 0 Å². The second kappa shape index (κ2) is 6.08. The SMILES string of the molecule is CNO[C@@]1(C)Cc2ccccc2[C@@H]1Oc1ccccc1CO. The third-order valence-electron chi connectivity index (χ3n) is 4.16. The number of aliphatic hydroxyl groups excluding tert-OH is 1. The van der Waals surface area contributed by atoms with Gasteiger partial charge in [-0.05, 0) is 24.1 Å². The van der Waals surface area contributed by atoms with Crippen molar-refractivity contribution in [3.8, 4) is 5.75 Å². The van der Waals surface area contributed by atoms with Crippen LogP contribution in [0.15, 0.2) is 48.5 Å². The second-order valence-electron chi connectivity index (χ2n) is 5.76. The van der Waals surface area contributed by atoms with Gasteiger partial charge in [0.15, 0.2) is 6.10 Å². The zero-order chi connectivity index (χ0) is 15.6. The van der Waals surface area contributed by atoms with Crippen LogP contribution in [0.4, 0.5) is 0 Å². The molecule has 0 heterocycles. The zero-order valence-electron chi connectivity index (χ0n) is 12.9. The lowest BCUT2D eigenvalue weighted by molar-refractivity contribution is -0.135. The van der Waals surface area contributed by atoms with E-state index < -0.39 is 5.60 Å². The van der Waals surface area contributed by atoms with E-state index in [1.807, 2.05) is 43.3 Å². The van der Waals surface area contributed by atoms with Gasteiger partial charge in [-0.2, -0.15) is 0 Å². The summed E-state index contributed by atoms with van der Waals surface area (Å²) in [6, 6.07) is 15.8. The van der Waals surface area contributed by atoms with Crippen molar-refractivity contribution in [1.29, 1.82) is 0 Å². The Bertz CT molecular complexity index is 658. The van der Waals surface area contributed by atoms with Crippen LogP contribution in [-0.2, 0) is 17.9 Å². The summed E-state index contributed by atoms with van der Waals surface area (Å²) in [7, 11) is 1.76. The smallest absolute Gasteiger partial charge is 0.155 e. The van der Waals surface area contributed by atoms with Crippen molar-refractivity contribution in [2.75, 3.05) is 7.05 Å². The quantitative estimate of drug-likeness (QED) is 0.834. The lowest BCUT2D eigenvalue weighted by atomic mass is 10.00. The summed E-state index contributed by atoms with van der Waals surface area (Å²) in [5.41, 5.74) is 5.44. The van der Waals surface area contributed by atoms with Gasteiger partial charge in [-0.15, -0.1) is 0 Å². The van der Waals surface area contributed by atoms with Crippen LogP contribution in [0.2, 0.25) is 0 Å². The van der Waals surface area contributed by atoms with Crippen LogP contribution >= 0.6 is 0 Å². The molecule has 0 unspecified atom stereocenters. The monoisotopic (exact) mass is 299 g/mol. The summed E-state index contributed by atoms with van der Waals surface area (Å²) in [5, 5.41) is 9.50. The molecule has 3 rings (SSSR count). The molecule has 2 aromatic carbocycles. The fourth-order valence-corrected chi connectivity index (χ4v) is 3.14. The predicted molar refractivity (Wildman–Crippen MR) is 84.4 cm³/mol. The Morgan fingerprint density at radius 3 is 2.68 bits per heavy atom. The van der Waals surface area contributed by atoms with E-state index in [0.29, 0.717) is 5.75 Å². The van der Waals surface area contributed by atoms with Crippen molar-refractivity contribution in [1.82, 2.24) is 5.48 Å². The van der Waals surface area contributed by atoms with Gasteiger partial charge in [0.1, 0.15) is 11.4 Å². The van der Waals surface area contributed by atoms with Crippen LogP contribution < -0.4 is 10.2 Å². The molecule has 1 aliphatic carbocycles. The molecule has 4 nitrogen and oxygen atoms in total.